The van der Waals surface area contributed by atoms with Crippen molar-refractivity contribution >= 4 is 6.29 Å². The molecule has 0 fully saturated rings. The van der Waals surface area contributed by atoms with E-state index in [9.17, 15) is 9.90 Å². The van der Waals surface area contributed by atoms with Gasteiger partial charge in [-0.3, -0.25) is 0 Å². The Hall–Kier alpha value is -2.09. The molecule has 2 aromatic carbocycles. The second-order valence-electron chi connectivity index (χ2n) is 3.99. The van der Waals surface area contributed by atoms with Crippen LogP contribution in [0.1, 0.15) is 17.0 Å². The van der Waals surface area contributed by atoms with Crippen molar-refractivity contribution in [2.75, 3.05) is 0 Å². The molecule has 2 rings (SSSR count). The van der Waals surface area contributed by atoms with Crippen LogP contribution in [0.4, 0.5) is 0 Å². The first kappa shape index (κ1) is 11.4. The molecule has 2 heteroatoms. The van der Waals surface area contributed by atoms with E-state index in [-0.39, 0.29) is 11.7 Å². The maximum atomic E-state index is 11.1. The van der Waals surface area contributed by atoms with Crippen LogP contribution in [0.25, 0.3) is 0 Å². The molecule has 0 spiro atoms. The number of aromatic hydroxyl groups is 1. The number of carbonyl (C=O) groups is 1. The van der Waals surface area contributed by atoms with Crippen molar-refractivity contribution in [2.24, 2.45) is 0 Å². The highest BCUT2D eigenvalue weighted by atomic mass is 16.3. The molecule has 0 aromatic heterocycles. The lowest BCUT2D eigenvalue weighted by Crippen LogP contribution is -2.04. The number of hydrogen-bond donors (Lipinski definition) is 1. The second kappa shape index (κ2) is 5.30. The average Bonchev–Trinajstić information content (AvgIpc) is 2.39. The number of rotatable bonds is 4. The number of hydrogen-bond acceptors (Lipinski definition) is 2. The van der Waals surface area contributed by atoms with Gasteiger partial charge in [-0.05, 0) is 23.6 Å². The molecule has 1 unspecified atom stereocenters. The van der Waals surface area contributed by atoms with E-state index in [1.165, 1.54) is 0 Å². The summed E-state index contributed by atoms with van der Waals surface area (Å²) in [5.74, 6) is 0.0415. The Bertz CT molecular complexity index is 491. The monoisotopic (exact) mass is 226 g/mol. The molecule has 0 saturated heterocycles. The van der Waals surface area contributed by atoms with E-state index in [1.54, 1.807) is 12.1 Å². The van der Waals surface area contributed by atoms with Gasteiger partial charge in [0.1, 0.15) is 12.0 Å². The summed E-state index contributed by atoms with van der Waals surface area (Å²) in [5, 5.41) is 9.69. The summed E-state index contributed by atoms with van der Waals surface area (Å²) < 4.78 is 0. The minimum atomic E-state index is -0.204. The van der Waals surface area contributed by atoms with Gasteiger partial charge in [0.2, 0.25) is 0 Å². The smallest absolute Gasteiger partial charge is 0.127 e. The summed E-state index contributed by atoms with van der Waals surface area (Å²) in [6.45, 7) is 0. The van der Waals surface area contributed by atoms with Gasteiger partial charge < -0.3 is 9.90 Å². The zero-order valence-electron chi connectivity index (χ0n) is 9.41. The SMILES string of the molecule is O=CC(Cc1ccccc1O)c1ccccc1. The first-order valence-electron chi connectivity index (χ1n) is 5.58. The minimum Gasteiger partial charge on any atom is -0.508 e. The lowest BCUT2D eigenvalue weighted by Gasteiger charge is -2.11. The summed E-state index contributed by atoms with van der Waals surface area (Å²) in [5.41, 5.74) is 1.78. The predicted octanol–water partition coefficient (Wildman–Crippen LogP) is 2.92. The van der Waals surface area contributed by atoms with Crippen molar-refractivity contribution in [3.05, 3.63) is 65.7 Å². The largest absolute Gasteiger partial charge is 0.508 e. The minimum absolute atomic E-state index is 0.204. The molecule has 0 heterocycles. The normalized spacial score (nSPS) is 12.0. The lowest BCUT2D eigenvalue weighted by atomic mass is 9.93. The Morgan fingerprint density at radius 3 is 2.29 bits per heavy atom. The van der Waals surface area contributed by atoms with Crippen molar-refractivity contribution in [1.29, 1.82) is 0 Å². The molecule has 0 radical (unpaired) electrons. The van der Waals surface area contributed by atoms with E-state index in [2.05, 4.69) is 0 Å². The molecule has 0 bridgehead atoms. The fourth-order valence-electron chi connectivity index (χ4n) is 1.87. The summed E-state index contributed by atoms with van der Waals surface area (Å²) in [6, 6.07) is 16.7. The fraction of sp³-hybridized carbons (Fsp3) is 0.133. The van der Waals surface area contributed by atoms with E-state index in [0.29, 0.717) is 6.42 Å². The van der Waals surface area contributed by atoms with Gasteiger partial charge in [0.15, 0.2) is 0 Å². The highest BCUT2D eigenvalue weighted by Gasteiger charge is 2.12. The Labute approximate surface area is 101 Å². The summed E-state index contributed by atoms with van der Waals surface area (Å²) in [6.07, 6.45) is 1.46. The quantitative estimate of drug-likeness (QED) is 0.814. The van der Waals surface area contributed by atoms with Gasteiger partial charge in [0, 0.05) is 5.92 Å². The van der Waals surface area contributed by atoms with Crippen molar-refractivity contribution in [3.63, 3.8) is 0 Å². The zero-order chi connectivity index (χ0) is 12.1. The first-order valence-corrected chi connectivity index (χ1v) is 5.58. The molecule has 17 heavy (non-hydrogen) atoms. The molecule has 0 aliphatic carbocycles. The fourth-order valence-corrected chi connectivity index (χ4v) is 1.87. The number of para-hydroxylation sites is 1. The van der Waals surface area contributed by atoms with Gasteiger partial charge in [0.25, 0.3) is 0 Å². The number of aldehydes is 1. The van der Waals surface area contributed by atoms with Gasteiger partial charge in [-0.1, -0.05) is 48.5 Å². The Morgan fingerprint density at radius 2 is 1.65 bits per heavy atom. The van der Waals surface area contributed by atoms with Crippen LogP contribution in [-0.2, 0) is 11.2 Å². The standard InChI is InChI=1S/C15H14O2/c16-11-14(12-6-2-1-3-7-12)10-13-8-4-5-9-15(13)17/h1-9,11,14,17H,10H2. The van der Waals surface area contributed by atoms with Crippen LogP contribution in [-0.4, -0.2) is 11.4 Å². The summed E-state index contributed by atoms with van der Waals surface area (Å²) in [7, 11) is 0. The molecule has 86 valence electrons. The van der Waals surface area contributed by atoms with Crippen LogP contribution in [0, 0.1) is 0 Å². The maximum Gasteiger partial charge on any atom is 0.127 e. The van der Waals surface area contributed by atoms with Crippen LogP contribution in [0.5, 0.6) is 5.75 Å². The van der Waals surface area contributed by atoms with Gasteiger partial charge >= 0.3 is 0 Å². The summed E-state index contributed by atoms with van der Waals surface area (Å²) in [4.78, 5) is 11.1. The van der Waals surface area contributed by atoms with Crippen LogP contribution < -0.4 is 0 Å². The maximum absolute atomic E-state index is 11.1. The number of phenols is 1. The molecule has 2 aromatic rings. The van der Waals surface area contributed by atoms with Crippen molar-refractivity contribution < 1.29 is 9.90 Å². The van der Waals surface area contributed by atoms with E-state index in [0.717, 1.165) is 17.4 Å². The molecule has 0 aliphatic rings. The predicted molar refractivity (Wildman–Crippen MR) is 67.1 cm³/mol. The zero-order valence-corrected chi connectivity index (χ0v) is 9.41. The van der Waals surface area contributed by atoms with E-state index in [4.69, 9.17) is 0 Å². The average molecular weight is 226 g/mol. The molecular weight excluding hydrogens is 212 g/mol. The summed E-state index contributed by atoms with van der Waals surface area (Å²) >= 11 is 0. The van der Waals surface area contributed by atoms with E-state index >= 15 is 0 Å². The highest BCUT2D eigenvalue weighted by molar-refractivity contribution is 5.63. The van der Waals surface area contributed by atoms with Crippen LogP contribution in [0.2, 0.25) is 0 Å². The lowest BCUT2D eigenvalue weighted by molar-refractivity contribution is -0.109. The topological polar surface area (TPSA) is 37.3 Å². The van der Waals surface area contributed by atoms with Gasteiger partial charge in [-0.25, -0.2) is 0 Å². The van der Waals surface area contributed by atoms with Crippen molar-refractivity contribution in [3.8, 4) is 5.75 Å². The third-order valence-electron chi connectivity index (χ3n) is 2.82. The van der Waals surface area contributed by atoms with E-state index < -0.39 is 0 Å². The van der Waals surface area contributed by atoms with Crippen LogP contribution in [0.3, 0.4) is 0 Å². The molecule has 0 saturated carbocycles. The Morgan fingerprint density at radius 1 is 1.00 bits per heavy atom. The van der Waals surface area contributed by atoms with Crippen LogP contribution in [0.15, 0.2) is 54.6 Å². The molecule has 0 amide bonds. The van der Waals surface area contributed by atoms with Crippen molar-refractivity contribution in [1.82, 2.24) is 0 Å². The third-order valence-corrected chi connectivity index (χ3v) is 2.82. The van der Waals surface area contributed by atoms with Gasteiger partial charge in [-0.2, -0.15) is 0 Å². The highest BCUT2D eigenvalue weighted by Crippen LogP contribution is 2.24. The molecular formula is C15H14O2. The Balaban J connectivity index is 2.22. The van der Waals surface area contributed by atoms with E-state index in [1.807, 2.05) is 42.5 Å². The third kappa shape index (κ3) is 2.72. The van der Waals surface area contributed by atoms with Crippen molar-refractivity contribution in [2.45, 2.75) is 12.3 Å². The molecule has 0 aliphatic heterocycles. The molecule has 2 nitrogen and oxygen atoms in total. The Kier molecular flexibility index (Phi) is 3.55. The number of phenolic OH excluding ortho intramolecular Hbond substituents is 1. The number of benzene rings is 2. The number of carbonyl (C=O) groups excluding carboxylic acids is 1. The second-order valence-corrected chi connectivity index (χ2v) is 3.99. The molecule has 1 N–H and O–H groups in total. The van der Waals surface area contributed by atoms with Crippen LogP contribution >= 0.6 is 0 Å². The first-order chi connectivity index (χ1) is 8.31. The van der Waals surface area contributed by atoms with Gasteiger partial charge in [0.05, 0.1) is 0 Å². The van der Waals surface area contributed by atoms with Gasteiger partial charge in [-0.15, -0.1) is 0 Å². The molecule has 1 atom stereocenters.